The van der Waals surface area contributed by atoms with Crippen LogP contribution >= 0.6 is 0 Å². The van der Waals surface area contributed by atoms with Crippen LogP contribution in [0.4, 0.5) is 0 Å². The van der Waals surface area contributed by atoms with Gasteiger partial charge < -0.3 is 10.2 Å². The van der Waals surface area contributed by atoms with E-state index >= 15 is 0 Å². The van der Waals surface area contributed by atoms with E-state index < -0.39 is 0 Å². The van der Waals surface area contributed by atoms with E-state index in [1.54, 1.807) is 0 Å². The highest BCUT2D eigenvalue weighted by Gasteiger charge is 2.39. The van der Waals surface area contributed by atoms with Crippen LogP contribution in [0.1, 0.15) is 50.0 Å². The monoisotopic (exact) mass is 301 g/mol. The zero-order valence-corrected chi connectivity index (χ0v) is 13.8. The Labute approximate surface area is 133 Å². The second-order valence-corrected chi connectivity index (χ2v) is 6.73. The van der Waals surface area contributed by atoms with Crippen LogP contribution in [0.3, 0.4) is 0 Å². The molecule has 0 aromatic carbocycles. The Morgan fingerprint density at radius 3 is 2.86 bits per heavy atom. The van der Waals surface area contributed by atoms with Gasteiger partial charge in [-0.3, -0.25) is 4.99 Å². The summed E-state index contributed by atoms with van der Waals surface area (Å²) in [5, 5.41) is 3.46. The number of aromatic nitrogens is 2. The number of rotatable bonds is 2. The van der Waals surface area contributed by atoms with Gasteiger partial charge in [0.05, 0.1) is 12.2 Å². The molecule has 1 spiro atoms. The van der Waals surface area contributed by atoms with Crippen molar-refractivity contribution in [1.82, 2.24) is 20.2 Å². The van der Waals surface area contributed by atoms with Crippen LogP contribution < -0.4 is 5.32 Å². The molecule has 2 aliphatic rings. The molecule has 1 N–H and O–H groups in total. The number of aryl methyl sites for hydroxylation is 1. The lowest BCUT2D eigenvalue weighted by Crippen LogP contribution is -2.41. The normalized spacial score (nSPS) is 21.4. The molecule has 1 aromatic heterocycles. The number of hydrogen-bond donors (Lipinski definition) is 1. The lowest BCUT2D eigenvalue weighted by molar-refractivity contribution is 0.203. The standard InChI is InChI=1S/C17H27N5/c1-14-19-10-6-15(21-14)12-20-16(18-2)22-11-9-17(13-22)7-4-3-5-8-17/h6,10H,3-5,7-9,11-13H2,1-2H3,(H,18,20). The molecule has 2 heterocycles. The molecule has 5 nitrogen and oxygen atoms in total. The third-order valence-electron chi connectivity index (χ3n) is 5.13. The molecule has 1 saturated heterocycles. The average molecular weight is 301 g/mol. The van der Waals surface area contributed by atoms with Crippen LogP contribution in [0.25, 0.3) is 0 Å². The van der Waals surface area contributed by atoms with E-state index in [1.165, 1.54) is 38.5 Å². The Morgan fingerprint density at radius 1 is 1.32 bits per heavy atom. The molecule has 0 unspecified atom stereocenters. The van der Waals surface area contributed by atoms with E-state index in [9.17, 15) is 0 Å². The summed E-state index contributed by atoms with van der Waals surface area (Å²) >= 11 is 0. The molecule has 1 aliphatic heterocycles. The third-order valence-corrected chi connectivity index (χ3v) is 5.13. The largest absolute Gasteiger partial charge is 0.351 e. The zero-order valence-electron chi connectivity index (χ0n) is 13.8. The number of likely N-dealkylation sites (tertiary alicyclic amines) is 1. The number of guanidine groups is 1. The first-order valence-electron chi connectivity index (χ1n) is 8.45. The highest BCUT2D eigenvalue weighted by atomic mass is 15.3. The Bertz CT molecular complexity index is 534. The van der Waals surface area contributed by atoms with Crippen LogP contribution in [-0.4, -0.2) is 41.0 Å². The molecular weight excluding hydrogens is 274 g/mol. The van der Waals surface area contributed by atoms with Gasteiger partial charge in [-0.25, -0.2) is 9.97 Å². The van der Waals surface area contributed by atoms with Gasteiger partial charge in [0.15, 0.2) is 5.96 Å². The van der Waals surface area contributed by atoms with Gasteiger partial charge in [-0.15, -0.1) is 0 Å². The molecule has 2 fully saturated rings. The summed E-state index contributed by atoms with van der Waals surface area (Å²) in [5.74, 6) is 1.83. The number of aliphatic imine (C=N–C) groups is 1. The highest BCUT2D eigenvalue weighted by Crippen LogP contribution is 2.43. The Balaban J connectivity index is 1.58. The maximum absolute atomic E-state index is 4.47. The van der Waals surface area contributed by atoms with Crippen molar-refractivity contribution < 1.29 is 0 Å². The van der Waals surface area contributed by atoms with Crippen molar-refractivity contribution in [3.63, 3.8) is 0 Å². The Morgan fingerprint density at radius 2 is 2.14 bits per heavy atom. The van der Waals surface area contributed by atoms with Crippen molar-refractivity contribution in [3.8, 4) is 0 Å². The van der Waals surface area contributed by atoms with Crippen molar-refractivity contribution in [1.29, 1.82) is 0 Å². The number of nitrogens with zero attached hydrogens (tertiary/aromatic N) is 4. The van der Waals surface area contributed by atoms with Crippen LogP contribution in [0.5, 0.6) is 0 Å². The molecule has 0 amide bonds. The number of nitrogens with one attached hydrogen (secondary N) is 1. The lowest BCUT2D eigenvalue weighted by atomic mass is 9.73. The molecule has 5 heteroatoms. The maximum atomic E-state index is 4.47. The Kier molecular flexibility index (Phi) is 4.60. The third kappa shape index (κ3) is 3.39. The molecule has 1 aromatic rings. The number of hydrogen-bond acceptors (Lipinski definition) is 3. The van der Waals surface area contributed by atoms with E-state index in [-0.39, 0.29) is 0 Å². The minimum atomic E-state index is 0.557. The van der Waals surface area contributed by atoms with Crippen molar-refractivity contribution in [2.45, 2.75) is 52.0 Å². The van der Waals surface area contributed by atoms with Crippen LogP contribution in [0, 0.1) is 12.3 Å². The quantitative estimate of drug-likeness (QED) is 0.673. The van der Waals surface area contributed by atoms with E-state index in [2.05, 4.69) is 25.2 Å². The second kappa shape index (κ2) is 6.63. The maximum Gasteiger partial charge on any atom is 0.193 e. The molecule has 0 bridgehead atoms. The zero-order chi connectivity index (χ0) is 15.4. The second-order valence-electron chi connectivity index (χ2n) is 6.73. The molecule has 120 valence electrons. The minimum absolute atomic E-state index is 0.557. The van der Waals surface area contributed by atoms with Crippen molar-refractivity contribution >= 4 is 5.96 Å². The summed E-state index contributed by atoms with van der Waals surface area (Å²) in [6, 6.07) is 1.96. The summed E-state index contributed by atoms with van der Waals surface area (Å²) in [7, 11) is 1.87. The summed E-state index contributed by atoms with van der Waals surface area (Å²) in [6.07, 6.45) is 10.1. The molecule has 22 heavy (non-hydrogen) atoms. The van der Waals surface area contributed by atoms with Gasteiger partial charge in [-0.05, 0) is 37.7 Å². The van der Waals surface area contributed by atoms with Gasteiger partial charge in [0.2, 0.25) is 0 Å². The van der Waals surface area contributed by atoms with Gasteiger partial charge in [-0.2, -0.15) is 0 Å². The fourth-order valence-corrected chi connectivity index (χ4v) is 3.93. The van der Waals surface area contributed by atoms with Crippen molar-refractivity contribution in [2.24, 2.45) is 10.4 Å². The van der Waals surface area contributed by atoms with E-state index in [0.29, 0.717) is 12.0 Å². The lowest BCUT2D eigenvalue weighted by Gasteiger charge is -2.33. The molecule has 0 radical (unpaired) electrons. The van der Waals surface area contributed by atoms with Crippen molar-refractivity contribution in [3.05, 3.63) is 23.8 Å². The predicted octanol–water partition coefficient (Wildman–Crippen LogP) is 2.52. The highest BCUT2D eigenvalue weighted by molar-refractivity contribution is 5.80. The minimum Gasteiger partial charge on any atom is -0.351 e. The topological polar surface area (TPSA) is 53.4 Å². The molecule has 0 atom stereocenters. The molecule has 1 saturated carbocycles. The smallest absolute Gasteiger partial charge is 0.193 e. The summed E-state index contributed by atoms with van der Waals surface area (Å²) < 4.78 is 0. The SMILES string of the molecule is CN=C(NCc1ccnc(C)n1)N1CCC2(CCCCC2)C1. The summed E-state index contributed by atoms with van der Waals surface area (Å²) in [4.78, 5) is 15.5. The first-order chi connectivity index (χ1) is 10.7. The first-order valence-corrected chi connectivity index (χ1v) is 8.45. The van der Waals surface area contributed by atoms with Crippen LogP contribution in [0.15, 0.2) is 17.3 Å². The van der Waals surface area contributed by atoms with Gasteiger partial charge in [0.25, 0.3) is 0 Å². The molecule has 1 aliphatic carbocycles. The van der Waals surface area contributed by atoms with Gasteiger partial charge in [0, 0.05) is 26.3 Å². The first kappa shape index (κ1) is 15.3. The molecular formula is C17H27N5. The summed E-state index contributed by atoms with van der Waals surface area (Å²) in [6.45, 7) is 4.92. The van der Waals surface area contributed by atoms with Gasteiger partial charge >= 0.3 is 0 Å². The van der Waals surface area contributed by atoms with Gasteiger partial charge in [0.1, 0.15) is 5.82 Å². The Hall–Kier alpha value is -1.65. The van der Waals surface area contributed by atoms with E-state index in [4.69, 9.17) is 0 Å². The van der Waals surface area contributed by atoms with E-state index in [1.807, 2.05) is 26.2 Å². The van der Waals surface area contributed by atoms with E-state index in [0.717, 1.165) is 30.6 Å². The van der Waals surface area contributed by atoms with Crippen LogP contribution in [0.2, 0.25) is 0 Å². The summed E-state index contributed by atoms with van der Waals surface area (Å²) in [5.41, 5.74) is 1.57. The predicted molar refractivity (Wildman–Crippen MR) is 88.7 cm³/mol. The van der Waals surface area contributed by atoms with Gasteiger partial charge in [-0.1, -0.05) is 19.3 Å². The van der Waals surface area contributed by atoms with Crippen LogP contribution in [-0.2, 0) is 6.54 Å². The fourth-order valence-electron chi connectivity index (χ4n) is 3.93. The average Bonchev–Trinajstić information content (AvgIpc) is 2.92. The molecule has 3 rings (SSSR count). The fraction of sp³-hybridized carbons (Fsp3) is 0.706. The van der Waals surface area contributed by atoms with Crippen molar-refractivity contribution in [2.75, 3.05) is 20.1 Å².